The van der Waals surface area contributed by atoms with E-state index in [4.69, 9.17) is 4.74 Å². The molecule has 2 aliphatic rings. The summed E-state index contributed by atoms with van der Waals surface area (Å²) in [5, 5.41) is 0. The molecular formula is C26H20N2O5. The Labute approximate surface area is 190 Å². The lowest BCUT2D eigenvalue weighted by atomic mass is 10.1. The number of amides is 3. The number of aryl methyl sites for hydroxylation is 1. The van der Waals surface area contributed by atoms with Crippen LogP contribution in [0.15, 0.2) is 72.8 Å². The zero-order chi connectivity index (χ0) is 23.1. The number of nitrogens with zero attached hydrogens (tertiary/aromatic N) is 2. The van der Waals surface area contributed by atoms with Crippen molar-refractivity contribution in [1.29, 1.82) is 0 Å². The molecule has 1 fully saturated rings. The molecule has 2 aliphatic heterocycles. The first kappa shape index (κ1) is 20.6. The molecule has 3 amide bonds. The molecule has 1 saturated heterocycles. The monoisotopic (exact) mass is 440 g/mol. The zero-order valence-electron chi connectivity index (χ0n) is 17.9. The number of anilines is 2. The topological polar surface area (TPSA) is 84.0 Å². The molecule has 0 saturated carbocycles. The van der Waals surface area contributed by atoms with Crippen molar-refractivity contribution in [3.05, 3.63) is 89.5 Å². The fourth-order valence-corrected chi connectivity index (χ4v) is 4.22. The minimum Gasteiger partial charge on any atom is -0.426 e. The van der Waals surface area contributed by atoms with Crippen LogP contribution in [0.5, 0.6) is 5.75 Å². The number of carbonyl (C=O) groups is 4. The minimum absolute atomic E-state index is 0.0604. The van der Waals surface area contributed by atoms with Crippen molar-refractivity contribution in [3.8, 4) is 5.75 Å². The van der Waals surface area contributed by atoms with Gasteiger partial charge in [0.25, 0.3) is 11.8 Å². The lowest BCUT2D eigenvalue weighted by Gasteiger charge is -2.17. The van der Waals surface area contributed by atoms with Gasteiger partial charge in [-0.3, -0.25) is 19.2 Å². The molecule has 3 aromatic carbocycles. The fraction of sp³-hybridized carbons (Fsp3) is 0.154. The Morgan fingerprint density at radius 1 is 0.848 bits per heavy atom. The molecule has 1 atom stereocenters. The highest BCUT2D eigenvalue weighted by molar-refractivity contribution is 6.34. The first-order valence-electron chi connectivity index (χ1n) is 10.6. The van der Waals surface area contributed by atoms with Gasteiger partial charge in [-0.15, -0.1) is 0 Å². The molecule has 5 rings (SSSR count). The average Bonchev–Trinajstić information content (AvgIpc) is 3.32. The van der Waals surface area contributed by atoms with Crippen molar-refractivity contribution < 1.29 is 23.9 Å². The Hall–Kier alpha value is -4.26. The molecule has 0 bridgehead atoms. The van der Waals surface area contributed by atoms with Crippen LogP contribution in [0.3, 0.4) is 0 Å². The van der Waals surface area contributed by atoms with Crippen molar-refractivity contribution >= 4 is 35.1 Å². The second-order valence-electron chi connectivity index (χ2n) is 8.15. The van der Waals surface area contributed by atoms with Crippen LogP contribution in [0.2, 0.25) is 0 Å². The largest absolute Gasteiger partial charge is 0.426 e. The number of rotatable bonds is 4. The maximum atomic E-state index is 12.8. The standard InChI is InChI=1S/C26H20N2O5/c1-16-6-4-7-18(12-16)27-15-17(13-23(27)29)26(32)33-20-9-5-8-19(14-20)28-24(30)21-10-2-3-11-22(21)25(28)31/h2-12,14,17H,13,15H2,1H3/t17-/m1/s1. The van der Waals surface area contributed by atoms with Crippen LogP contribution >= 0.6 is 0 Å². The van der Waals surface area contributed by atoms with Gasteiger partial charge in [-0.1, -0.05) is 30.3 Å². The van der Waals surface area contributed by atoms with Gasteiger partial charge in [0.2, 0.25) is 5.91 Å². The van der Waals surface area contributed by atoms with Crippen LogP contribution in [0.4, 0.5) is 11.4 Å². The molecule has 0 aliphatic carbocycles. The Bertz CT molecular complexity index is 1280. The minimum atomic E-state index is -0.610. The molecule has 3 aromatic rings. The highest BCUT2D eigenvalue weighted by Gasteiger charge is 2.38. The molecule has 164 valence electrons. The Morgan fingerprint density at radius 3 is 2.21 bits per heavy atom. The van der Waals surface area contributed by atoms with Crippen LogP contribution in [0.1, 0.15) is 32.7 Å². The number of carbonyl (C=O) groups excluding carboxylic acids is 4. The normalized spacial score (nSPS) is 17.5. The summed E-state index contributed by atoms with van der Waals surface area (Å²) >= 11 is 0. The first-order valence-corrected chi connectivity index (χ1v) is 10.6. The van der Waals surface area contributed by atoms with Crippen LogP contribution in [-0.4, -0.2) is 30.2 Å². The van der Waals surface area contributed by atoms with Gasteiger partial charge in [0.15, 0.2) is 0 Å². The number of imide groups is 1. The second kappa shape index (κ2) is 8.02. The van der Waals surface area contributed by atoms with E-state index in [9.17, 15) is 19.2 Å². The molecule has 2 heterocycles. The number of ether oxygens (including phenoxy) is 1. The Balaban J connectivity index is 1.32. The van der Waals surface area contributed by atoms with E-state index >= 15 is 0 Å². The number of benzene rings is 3. The van der Waals surface area contributed by atoms with Crippen molar-refractivity contribution in [1.82, 2.24) is 0 Å². The molecule has 0 aromatic heterocycles. The third-order valence-electron chi connectivity index (χ3n) is 5.86. The van der Waals surface area contributed by atoms with Crippen LogP contribution in [0.25, 0.3) is 0 Å². The quantitative estimate of drug-likeness (QED) is 0.351. The van der Waals surface area contributed by atoms with Gasteiger partial charge in [-0.2, -0.15) is 0 Å². The fourth-order valence-electron chi connectivity index (χ4n) is 4.22. The smallest absolute Gasteiger partial charge is 0.316 e. The second-order valence-corrected chi connectivity index (χ2v) is 8.15. The van der Waals surface area contributed by atoms with E-state index in [1.807, 2.05) is 31.2 Å². The molecule has 0 spiro atoms. The van der Waals surface area contributed by atoms with Crippen LogP contribution < -0.4 is 14.5 Å². The van der Waals surface area contributed by atoms with Crippen molar-refractivity contribution in [3.63, 3.8) is 0 Å². The summed E-state index contributed by atoms with van der Waals surface area (Å²) in [5.74, 6) is -1.92. The summed E-state index contributed by atoms with van der Waals surface area (Å²) in [7, 11) is 0. The number of esters is 1. The third-order valence-corrected chi connectivity index (χ3v) is 5.86. The van der Waals surface area contributed by atoms with E-state index in [-0.39, 0.29) is 24.6 Å². The highest BCUT2D eigenvalue weighted by Crippen LogP contribution is 2.31. The van der Waals surface area contributed by atoms with Gasteiger partial charge < -0.3 is 9.64 Å². The summed E-state index contributed by atoms with van der Waals surface area (Å²) in [6.07, 6.45) is 0.0604. The van der Waals surface area contributed by atoms with Crippen LogP contribution in [0, 0.1) is 12.8 Å². The summed E-state index contributed by atoms with van der Waals surface area (Å²) in [6.45, 7) is 2.18. The van der Waals surface area contributed by atoms with Gasteiger partial charge in [-0.05, 0) is 48.9 Å². The van der Waals surface area contributed by atoms with Gasteiger partial charge in [-0.25, -0.2) is 4.90 Å². The molecule has 0 radical (unpaired) electrons. The van der Waals surface area contributed by atoms with E-state index in [1.54, 1.807) is 47.4 Å². The average molecular weight is 440 g/mol. The maximum Gasteiger partial charge on any atom is 0.316 e. The van der Waals surface area contributed by atoms with Crippen molar-refractivity contribution in [2.45, 2.75) is 13.3 Å². The summed E-state index contributed by atoms with van der Waals surface area (Å²) in [6, 6.07) is 20.4. The number of hydrogen-bond donors (Lipinski definition) is 0. The van der Waals surface area contributed by atoms with Gasteiger partial charge in [0.1, 0.15) is 5.75 Å². The highest BCUT2D eigenvalue weighted by atomic mass is 16.5. The molecule has 0 unspecified atom stereocenters. The lowest BCUT2D eigenvalue weighted by Crippen LogP contribution is -2.29. The number of hydrogen-bond acceptors (Lipinski definition) is 5. The maximum absolute atomic E-state index is 12.8. The van der Waals surface area contributed by atoms with Gasteiger partial charge in [0, 0.05) is 24.7 Å². The predicted octanol–water partition coefficient (Wildman–Crippen LogP) is 3.75. The SMILES string of the molecule is Cc1cccc(N2C[C@H](C(=O)Oc3cccc(N4C(=O)c5ccccc5C4=O)c3)CC2=O)c1. The van der Waals surface area contributed by atoms with Crippen molar-refractivity contribution in [2.75, 3.05) is 16.3 Å². The van der Waals surface area contributed by atoms with Crippen molar-refractivity contribution in [2.24, 2.45) is 5.92 Å². The Kier molecular flexibility index (Phi) is 5.01. The van der Waals surface area contributed by atoms with E-state index in [0.29, 0.717) is 16.8 Å². The van der Waals surface area contributed by atoms with Crippen LogP contribution in [-0.2, 0) is 9.59 Å². The first-order chi connectivity index (χ1) is 15.9. The van der Waals surface area contributed by atoms with E-state index < -0.39 is 23.7 Å². The van der Waals surface area contributed by atoms with Gasteiger partial charge >= 0.3 is 5.97 Å². The summed E-state index contributed by atoms with van der Waals surface area (Å²) < 4.78 is 5.54. The molecule has 7 nitrogen and oxygen atoms in total. The van der Waals surface area contributed by atoms with E-state index in [0.717, 1.165) is 16.2 Å². The van der Waals surface area contributed by atoms with E-state index in [2.05, 4.69) is 0 Å². The third kappa shape index (κ3) is 3.67. The van der Waals surface area contributed by atoms with E-state index in [1.165, 1.54) is 6.07 Å². The number of fused-ring (bicyclic) bond motifs is 1. The molecular weight excluding hydrogens is 420 g/mol. The molecule has 0 N–H and O–H groups in total. The Morgan fingerprint density at radius 2 is 1.52 bits per heavy atom. The van der Waals surface area contributed by atoms with Gasteiger partial charge in [0.05, 0.1) is 22.7 Å². The summed E-state index contributed by atoms with van der Waals surface area (Å²) in [5.41, 5.74) is 2.77. The predicted molar refractivity (Wildman–Crippen MR) is 121 cm³/mol. The molecule has 7 heteroatoms. The zero-order valence-corrected chi connectivity index (χ0v) is 17.9. The lowest BCUT2D eigenvalue weighted by molar-refractivity contribution is -0.139. The molecule has 33 heavy (non-hydrogen) atoms. The summed E-state index contributed by atoms with van der Waals surface area (Å²) in [4.78, 5) is 53.4.